The van der Waals surface area contributed by atoms with E-state index in [9.17, 15) is 9.59 Å². The molecule has 0 saturated carbocycles. The molecule has 2 aromatic rings. The van der Waals surface area contributed by atoms with Crippen molar-refractivity contribution in [2.24, 2.45) is 11.3 Å². The number of hydrogen-bond donors (Lipinski definition) is 1. The lowest BCUT2D eigenvalue weighted by Crippen LogP contribution is -2.40. The van der Waals surface area contributed by atoms with E-state index in [1.807, 2.05) is 35.1 Å². The topological polar surface area (TPSA) is 76.5 Å². The molecule has 1 saturated heterocycles. The van der Waals surface area contributed by atoms with Gasteiger partial charge in [0.1, 0.15) is 5.75 Å². The van der Waals surface area contributed by atoms with Gasteiger partial charge >= 0.3 is 0 Å². The largest absolute Gasteiger partial charge is 0.497 e. The Labute approximate surface area is 171 Å². The smallest absolute Gasteiger partial charge is 0.225 e. The number of ether oxygens (including phenoxy) is 1. The maximum atomic E-state index is 12.8. The van der Waals surface area contributed by atoms with Gasteiger partial charge in [-0.25, -0.2) is 4.68 Å². The molecular weight excluding hydrogens is 368 g/mol. The molecule has 154 valence electrons. The normalized spacial score (nSPS) is 23.0. The molecule has 7 heteroatoms. The van der Waals surface area contributed by atoms with Crippen LogP contribution >= 0.6 is 0 Å². The summed E-state index contributed by atoms with van der Waals surface area (Å²) in [7, 11) is 3.40. The predicted octanol–water partition coefficient (Wildman–Crippen LogP) is 2.49. The van der Waals surface area contributed by atoms with Crippen LogP contribution in [0, 0.1) is 11.3 Å². The Bertz CT molecular complexity index is 932. The van der Waals surface area contributed by atoms with Crippen molar-refractivity contribution < 1.29 is 14.3 Å². The summed E-state index contributed by atoms with van der Waals surface area (Å²) in [6, 6.07) is 7.71. The number of aromatic nitrogens is 2. The summed E-state index contributed by atoms with van der Waals surface area (Å²) in [4.78, 5) is 26.3. The molecule has 0 spiro atoms. The molecule has 1 aromatic heterocycles. The van der Waals surface area contributed by atoms with Crippen molar-refractivity contribution in [1.29, 1.82) is 0 Å². The standard InChI is InChI=1S/C22H28N4O3/c1-22(2)10-18(24-21(28)14-9-20(27)25(3)13-14)17-12-23-26(19(17)11-22)15-5-7-16(29-4)8-6-15/h5-8,12,14,18H,9-11,13H2,1-4H3,(H,24,28)/t14-,18-/m0/s1. The minimum atomic E-state index is -0.280. The monoisotopic (exact) mass is 396 g/mol. The SMILES string of the molecule is COc1ccc(-n2ncc3c2CC(C)(C)C[C@@H]3NC(=O)[C@H]2CC(=O)N(C)C2)cc1. The second kappa shape index (κ2) is 7.21. The third-order valence-corrected chi connectivity index (χ3v) is 6.02. The Balaban J connectivity index is 1.61. The van der Waals surface area contributed by atoms with Crippen LogP contribution in [0.5, 0.6) is 5.75 Å². The molecular formula is C22H28N4O3. The molecule has 1 fully saturated rings. The first-order chi connectivity index (χ1) is 13.8. The average Bonchev–Trinajstić information content (AvgIpc) is 3.24. The molecule has 1 N–H and O–H groups in total. The zero-order chi connectivity index (χ0) is 20.8. The van der Waals surface area contributed by atoms with Gasteiger partial charge < -0.3 is 15.0 Å². The lowest BCUT2D eigenvalue weighted by molar-refractivity contribution is -0.128. The Morgan fingerprint density at radius 3 is 2.62 bits per heavy atom. The van der Waals surface area contributed by atoms with E-state index in [2.05, 4.69) is 24.3 Å². The first-order valence-corrected chi connectivity index (χ1v) is 10.0. The van der Waals surface area contributed by atoms with Crippen molar-refractivity contribution in [2.45, 2.75) is 39.2 Å². The molecule has 0 bridgehead atoms. The molecule has 1 aromatic carbocycles. The van der Waals surface area contributed by atoms with Crippen LogP contribution < -0.4 is 10.1 Å². The first kappa shape index (κ1) is 19.5. The fourth-order valence-corrected chi connectivity index (χ4v) is 4.45. The van der Waals surface area contributed by atoms with Gasteiger partial charge in [0.05, 0.1) is 36.6 Å². The van der Waals surface area contributed by atoms with E-state index < -0.39 is 0 Å². The predicted molar refractivity (Wildman–Crippen MR) is 109 cm³/mol. The van der Waals surface area contributed by atoms with E-state index >= 15 is 0 Å². The van der Waals surface area contributed by atoms with E-state index in [1.165, 1.54) is 0 Å². The van der Waals surface area contributed by atoms with Crippen LogP contribution in [0.2, 0.25) is 0 Å². The average molecular weight is 396 g/mol. The fourth-order valence-electron chi connectivity index (χ4n) is 4.45. The van der Waals surface area contributed by atoms with Gasteiger partial charge in [0, 0.05) is 25.6 Å². The first-order valence-electron chi connectivity index (χ1n) is 10.0. The number of likely N-dealkylation sites (tertiary alicyclic amines) is 1. The summed E-state index contributed by atoms with van der Waals surface area (Å²) in [5, 5.41) is 7.84. The molecule has 1 aliphatic carbocycles. The summed E-state index contributed by atoms with van der Waals surface area (Å²) in [6.07, 6.45) is 3.88. The molecule has 0 unspecified atom stereocenters. The number of benzene rings is 1. The van der Waals surface area contributed by atoms with Crippen molar-refractivity contribution in [2.75, 3.05) is 20.7 Å². The van der Waals surface area contributed by atoms with Gasteiger partial charge in [-0.05, 0) is 42.5 Å². The van der Waals surface area contributed by atoms with Crippen molar-refractivity contribution in [3.8, 4) is 11.4 Å². The zero-order valence-corrected chi connectivity index (χ0v) is 17.4. The Morgan fingerprint density at radius 1 is 1.28 bits per heavy atom. The van der Waals surface area contributed by atoms with E-state index in [-0.39, 0.29) is 35.6 Å². The maximum absolute atomic E-state index is 12.8. The lowest BCUT2D eigenvalue weighted by atomic mass is 9.74. The van der Waals surface area contributed by atoms with Crippen LogP contribution in [0.1, 0.15) is 44.0 Å². The van der Waals surface area contributed by atoms with Crippen LogP contribution in [0.4, 0.5) is 0 Å². The van der Waals surface area contributed by atoms with Crippen molar-refractivity contribution >= 4 is 11.8 Å². The Morgan fingerprint density at radius 2 is 2.00 bits per heavy atom. The van der Waals surface area contributed by atoms with Crippen LogP contribution in [0.3, 0.4) is 0 Å². The molecule has 7 nitrogen and oxygen atoms in total. The molecule has 29 heavy (non-hydrogen) atoms. The molecule has 2 amide bonds. The van der Waals surface area contributed by atoms with Crippen molar-refractivity contribution in [1.82, 2.24) is 20.0 Å². The number of rotatable bonds is 4. The molecule has 1 aliphatic heterocycles. The van der Waals surface area contributed by atoms with Gasteiger partial charge in [-0.1, -0.05) is 13.8 Å². The summed E-state index contributed by atoms with van der Waals surface area (Å²) in [5.74, 6) is 0.504. The number of amides is 2. The van der Waals surface area contributed by atoms with Gasteiger partial charge in [-0.3, -0.25) is 9.59 Å². The molecule has 2 heterocycles. The van der Waals surface area contributed by atoms with Gasteiger partial charge in [0.15, 0.2) is 0 Å². The highest BCUT2D eigenvalue weighted by molar-refractivity contribution is 5.89. The van der Waals surface area contributed by atoms with E-state index in [0.717, 1.165) is 35.5 Å². The maximum Gasteiger partial charge on any atom is 0.225 e. The number of nitrogens with zero attached hydrogens (tertiary/aromatic N) is 3. The second-order valence-electron chi connectivity index (χ2n) is 8.94. The van der Waals surface area contributed by atoms with E-state index in [4.69, 9.17) is 4.74 Å². The Hall–Kier alpha value is -2.83. The number of carbonyl (C=O) groups excluding carboxylic acids is 2. The minimum absolute atomic E-state index is 0.0253. The van der Waals surface area contributed by atoms with Crippen LogP contribution in [-0.2, 0) is 16.0 Å². The highest BCUT2D eigenvalue weighted by atomic mass is 16.5. The summed E-state index contributed by atoms with van der Waals surface area (Å²) >= 11 is 0. The van der Waals surface area contributed by atoms with E-state index in [0.29, 0.717) is 6.54 Å². The van der Waals surface area contributed by atoms with Crippen molar-refractivity contribution in [3.63, 3.8) is 0 Å². The Kier molecular flexibility index (Phi) is 4.84. The van der Waals surface area contributed by atoms with Gasteiger partial charge in [0.2, 0.25) is 11.8 Å². The molecule has 2 aliphatic rings. The highest BCUT2D eigenvalue weighted by Crippen LogP contribution is 2.41. The third-order valence-electron chi connectivity index (χ3n) is 6.02. The van der Waals surface area contributed by atoms with Crippen LogP contribution in [0.25, 0.3) is 5.69 Å². The van der Waals surface area contributed by atoms with Gasteiger partial charge in [-0.2, -0.15) is 5.10 Å². The zero-order valence-electron chi connectivity index (χ0n) is 17.4. The van der Waals surface area contributed by atoms with Crippen LogP contribution in [-0.4, -0.2) is 47.2 Å². The van der Waals surface area contributed by atoms with Crippen LogP contribution in [0.15, 0.2) is 30.5 Å². The second-order valence-corrected chi connectivity index (χ2v) is 8.94. The van der Waals surface area contributed by atoms with Gasteiger partial charge in [0.25, 0.3) is 0 Å². The number of hydrogen-bond acceptors (Lipinski definition) is 4. The highest BCUT2D eigenvalue weighted by Gasteiger charge is 2.38. The molecule has 2 atom stereocenters. The summed E-state index contributed by atoms with van der Waals surface area (Å²) in [6.45, 7) is 4.92. The fraction of sp³-hybridized carbons (Fsp3) is 0.500. The van der Waals surface area contributed by atoms with E-state index in [1.54, 1.807) is 19.1 Å². The quantitative estimate of drug-likeness (QED) is 0.861. The summed E-state index contributed by atoms with van der Waals surface area (Å²) in [5.41, 5.74) is 3.18. The number of methoxy groups -OCH3 is 1. The number of nitrogens with one attached hydrogen (secondary N) is 1. The van der Waals surface area contributed by atoms with Gasteiger partial charge in [-0.15, -0.1) is 0 Å². The number of carbonyl (C=O) groups is 2. The molecule has 0 radical (unpaired) electrons. The molecule has 4 rings (SSSR count). The lowest BCUT2D eigenvalue weighted by Gasteiger charge is -2.36. The number of fused-ring (bicyclic) bond motifs is 1. The third kappa shape index (κ3) is 3.73. The minimum Gasteiger partial charge on any atom is -0.497 e. The van der Waals surface area contributed by atoms with Crippen molar-refractivity contribution in [3.05, 3.63) is 41.7 Å². The summed E-state index contributed by atoms with van der Waals surface area (Å²) < 4.78 is 7.21.